The van der Waals surface area contributed by atoms with Gasteiger partial charge in [-0.2, -0.15) is 5.26 Å². The number of carbonyl (C=O) groups is 2. The van der Waals surface area contributed by atoms with Crippen LogP contribution in [0.3, 0.4) is 0 Å². The van der Waals surface area contributed by atoms with E-state index < -0.39 is 11.4 Å². The van der Waals surface area contributed by atoms with E-state index in [9.17, 15) is 14.9 Å². The van der Waals surface area contributed by atoms with Crippen LogP contribution in [0.5, 0.6) is 0 Å². The van der Waals surface area contributed by atoms with Gasteiger partial charge in [0.25, 0.3) is 0 Å². The summed E-state index contributed by atoms with van der Waals surface area (Å²) in [5.74, 6) is 1.35. The number of carbonyl (C=O) groups excluding carboxylic acids is 2. The third-order valence-corrected chi connectivity index (χ3v) is 5.46. The van der Waals surface area contributed by atoms with Gasteiger partial charge in [-0.05, 0) is 25.2 Å². The lowest BCUT2D eigenvalue weighted by molar-refractivity contribution is -0.120. The van der Waals surface area contributed by atoms with E-state index in [1.165, 1.54) is 0 Å². The average Bonchev–Trinajstić information content (AvgIpc) is 2.45. The number of Topliss-reactive ketones (excluding diaryl/α,β-unsaturated/α-hetero) is 1. The number of rotatable bonds is 0. The molecule has 0 unspecified atom stereocenters. The van der Waals surface area contributed by atoms with Crippen LogP contribution in [-0.2, 0) is 9.53 Å². The van der Waals surface area contributed by atoms with Crippen LogP contribution in [0.2, 0.25) is 0 Å². The van der Waals surface area contributed by atoms with Crippen LogP contribution in [-0.4, -0.2) is 29.8 Å². The Morgan fingerprint density at radius 3 is 2.46 bits per heavy atom. The number of nitrogens with two attached hydrogens (primary N) is 1. The fourth-order valence-electron chi connectivity index (χ4n) is 4.38. The van der Waals surface area contributed by atoms with Gasteiger partial charge in [-0.1, -0.05) is 13.8 Å². The molecule has 24 heavy (non-hydrogen) atoms. The second-order valence-electron chi connectivity index (χ2n) is 7.79. The quantitative estimate of drug-likeness (QED) is 0.739. The molecule has 0 radical (unpaired) electrons. The maximum absolute atomic E-state index is 12.9. The molecule has 1 saturated heterocycles. The molecule has 2 heterocycles. The van der Waals surface area contributed by atoms with Gasteiger partial charge in [0.2, 0.25) is 0 Å². The molecule has 0 aromatic heterocycles. The highest BCUT2D eigenvalue weighted by Gasteiger charge is 2.52. The Bertz CT molecular complexity index is 716. The second-order valence-corrected chi connectivity index (χ2v) is 7.79. The molecule has 1 fully saturated rings. The van der Waals surface area contributed by atoms with E-state index in [-0.39, 0.29) is 11.2 Å². The van der Waals surface area contributed by atoms with E-state index in [2.05, 4.69) is 19.9 Å². The van der Waals surface area contributed by atoms with Crippen LogP contribution in [0.15, 0.2) is 22.7 Å². The number of likely N-dealkylation sites (tertiary alicyclic amines) is 1. The van der Waals surface area contributed by atoms with Crippen molar-refractivity contribution in [2.45, 2.75) is 46.5 Å². The molecular formula is C18H23N3O3. The van der Waals surface area contributed by atoms with Crippen LogP contribution >= 0.6 is 0 Å². The molecule has 0 saturated carbocycles. The summed E-state index contributed by atoms with van der Waals surface area (Å²) in [5.41, 5.74) is 5.79. The molecule has 2 amide bonds. The number of nitriles is 1. The molecule has 6 nitrogen and oxygen atoms in total. The number of hydrogen-bond donors (Lipinski definition) is 1. The van der Waals surface area contributed by atoms with Crippen molar-refractivity contribution >= 4 is 11.8 Å². The summed E-state index contributed by atoms with van der Waals surface area (Å²) >= 11 is 0. The zero-order valence-corrected chi connectivity index (χ0v) is 14.4. The summed E-state index contributed by atoms with van der Waals surface area (Å²) in [5, 5.41) is 9.71. The van der Waals surface area contributed by atoms with Crippen LogP contribution in [0.25, 0.3) is 0 Å². The molecule has 0 aromatic rings. The minimum atomic E-state index is -0.633. The van der Waals surface area contributed by atoms with Crippen LogP contribution < -0.4 is 5.73 Å². The number of fused-ring (bicyclic) bond motifs is 1. The molecule has 0 aromatic carbocycles. The fraction of sp³-hybridized carbons (Fsp3) is 0.611. The van der Waals surface area contributed by atoms with E-state index in [1.54, 1.807) is 11.8 Å². The maximum atomic E-state index is 12.9. The van der Waals surface area contributed by atoms with Crippen molar-refractivity contribution in [3.63, 3.8) is 0 Å². The topological polar surface area (TPSA) is 96.4 Å². The van der Waals surface area contributed by atoms with Gasteiger partial charge >= 0.3 is 6.03 Å². The maximum Gasteiger partial charge on any atom is 0.314 e. The van der Waals surface area contributed by atoms with Crippen molar-refractivity contribution < 1.29 is 14.3 Å². The highest BCUT2D eigenvalue weighted by molar-refractivity contribution is 5.99. The second kappa shape index (κ2) is 5.37. The molecule has 3 aliphatic rings. The zero-order valence-electron chi connectivity index (χ0n) is 14.4. The summed E-state index contributed by atoms with van der Waals surface area (Å²) in [6.45, 7) is 6.79. The average molecular weight is 329 g/mol. The molecule has 6 heteroatoms. The van der Waals surface area contributed by atoms with Crippen molar-refractivity contribution in [2.24, 2.45) is 16.6 Å². The van der Waals surface area contributed by atoms with Gasteiger partial charge < -0.3 is 15.4 Å². The molecule has 0 bridgehead atoms. The minimum absolute atomic E-state index is 0.0639. The van der Waals surface area contributed by atoms with Gasteiger partial charge in [-0.25, -0.2) is 4.79 Å². The van der Waals surface area contributed by atoms with Crippen molar-refractivity contribution in [1.29, 1.82) is 5.26 Å². The first-order valence-electron chi connectivity index (χ1n) is 8.31. The van der Waals surface area contributed by atoms with Crippen molar-refractivity contribution in [3.05, 3.63) is 22.7 Å². The van der Waals surface area contributed by atoms with E-state index in [1.807, 2.05) is 0 Å². The highest BCUT2D eigenvalue weighted by atomic mass is 16.5. The molecular weight excluding hydrogens is 306 g/mol. The van der Waals surface area contributed by atoms with Gasteiger partial charge in [0, 0.05) is 36.9 Å². The first-order valence-corrected chi connectivity index (χ1v) is 8.31. The minimum Gasteiger partial charge on any atom is -0.465 e. The monoisotopic (exact) mass is 329 g/mol. The lowest BCUT2D eigenvalue weighted by atomic mass is 9.60. The number of primary amides is 1. The Kier molecular flexibility index (Phi) is 3.71. The number of amides is 2. The van der Waals surface area contributed by atoms with Crippen molar-refractivity contribution in [3.8, 4) is 6.07 Å². The predicted molar refractivity (Wildman–Crippen MR) is 87.3 cm³/mol. The highest BCUT2D eigenvalue weighted by Crippen LogP contribution is 2.55. The Morgan fingerprint density at radius 2 is 1.92 bits per heavy atom. The van der Waals surface area contributed by atoms with Crippen LogP contribution in [0.1, 0.15) is 46.5 Å². The number of hydrogen-bond acceptors (Lipinski definition) is 4. The first kappa shape index (κ1) is 16.6. The van der Waals surface area contributed by atoms with E-state index in [0.29, 0.717) is 61.4 Å². The van der Waals surface area contributed by atoms with Gasteiger partial charge in [0.1, 0.15) is 11.5 Å². The van der Waals surface area contributed by atoms with Crippen LogP contribution in [0, 0.1) is 22.2 Å². The number of ether oxygens (including phenoxy) is 1. The molecule has 128 valence electrons. The van der Waals surface area contributed by atoms with Crippen LogP contribution in [0.4, 0.5) is 4.79 Å². The molecule has 1 aliphatic carbocycles. The van der Waals surface area contributed by atoms with Gasteiger partial charge in [0.05, 0.1) is 11.6 Å². The molecule has 3 rings (SSSR count). The normalized spacial score (nSPS) is 25.2. The summed E-state index contributed by atoms with van der Waals surface area (Å²) in [7, 11) is 0. The summed E-state index contributed by atoms with van der Waals surface area (Å²) in [6, 6.07) is 1.81. The Hall–Kier alpha value is -2.29. The standard InChI is InChI=1S/C18H23N3O3/c1-11-12(10-19)18(4-6-21(7-5-18)16(20)23)15-13(22)8-17(2,3)9-14(15)24-11/h4-9H2,1-3H3,(H2,20,23). The Labute approximate surface area is 141 Å². The number of allylic oxidation sites excluding steroid dienone is 4. The number of piperidine rings is 1. The largest absolute Gasteiger partial charge is 0.465 e. The predicted octanol–water partition coefficient (Wildman–Crippen LogP) is 2.62. The SMILES string of the molecule is CC1=C(C#N)C2(CCN(C(N)=O)CC2)C2=C(CC(C)(C)CC2=O)O1. The number of nitrogens with zero attached hydrogens (tertiary/aromatic N) is 2. The van der Waals surface area contributed by atoms with E-state index in [0.717, 1.165) is 0 Å². The van der Waals surface area contributed by atoms with Gasteiger partial charge in [-0.15, -0.1) is 0 Å². The van der Waals surface area contributed by atoms with E-state index >= 15 is 0 Å². The molecule has 2 N–H and O–H groups in total. The molecule has 0 atom stereocenters. The zero-order chi connectivity index (χ0) is 17.7. The molecule has 2 aliphatic heterocycles. The van der Waals surface area contributed by atoms with Gasteiger partial charge in [0.15, 0.2) is 5.78 Å². The van der Waals surface area contributed by atoms with Gasteiger partial charge in [-0.3, -0.25) is 4.79 Å². The number of urea groups is 1. The molecule has 1 spiro atoms. The van der Waals surface area contributed by atoms with Crippen molar-refractivity contribution in [2.75, 3.05) is 13.1 Å². The third kappa shape index (κ3) is 2.39. The smallest absolute Gasteiger partial charge is 0.314 e. The lowest BCUT2D eigenvalue weighted by Crippen LogP contribution is -2.50. The van der Waals surface area contributed by atoms with E-state index in [4.69, 9.17) is 10.5 Å². The fourth-order valence-corrected chi connectivity index (χ4v) is 4.38. The first-order chi connectivity index (χ1) is 11.2. The Morgan fingerprint density at radius 1 is 1.29 bits per heavy atom. The van der Waals surface area contributed by atoms with Crippen molar-refractivity contribution in [1.82, 2.24) is 4.90 Å². The third-order valence-electron chi connectivity index (χ3n) is 5.46. The Balaban J connectivity index is 2.08. The number of ketones is 1. The summed E-state index contributed by atoms with van der Waals surface area (Å²) in [4.78, 5) is 25.9. The summed E-state index contributed by atoms with van der Waals surface area (Å²) < 4.78 is 5.91. The summed E-state index contributed by atoms with van der Waals surface area (Å²) in [6.07, 6.45) is 2.20. The lowest BCUT2D eigenvalue weighted by Gasteiger charge is -2.47.